The molecule has 1 aliphatic rings. The molecule has 1 N–H and O–H groups in total. The Hall–Kier alpha value is -0.120. The fraction of sp³-hybridized carbons (Fsp3) is 1.00. The summed E-state index contributed by atoms with van der Waals surface area (Å²) in [5.41, 5.74) is 0.346. The second kappa shape index (κ2) is 6.72. The van der Waals surface area contributed by atoms with E-state index in [4.69, 9.17) is 5.11 Å². The van der Waals surface area contributed by atoms with Gasteiger partial charge in [-0.25, -0.2) is 0 Å². The van der Waals surface area contributed by atoms with Crippen molar-refractivity contribution in [1.82, 2.24) is 9.80 Å². The molecule has 1 fully saturated rings. The number of nitrogens with zero attached hydrogens (tertiary/aromatic N) is 2. The van der Waals surface area contributed by atoms with Crippen molar-refractivity contribution in [3.63, 3.8) is 0 Å². The van der Waals surface area contributed by atoms with Gasteiger partial charge in [-0.2, -0.15) is 0 Å². The molecule has 3 heteroatoms. The van der Waals surface area contributed by atoms with Gasteiger partial charge in [0.05, 0.1) is 0 Å². The van der Waals surface area contributed by atoms with Gasteiger partial charge in [0, 0.05) is 18.7 Å². The molecule has 1 atom stereocenters. The topological polar surface area (TPSA) is 26.7 Å². The monoisotopic (exact) mass is 242 g/mol. The molecule has 0 spiro atoms. The molecule has 0 aliphatic carbocycles. The Balaban J connectivity index is 2.41. The van der Waals surface area contributed by atoms with Crippen LogP contribution < -0.4 is 0 Å². The Kier molecular flexibility index (Phi) is 5.90. The lowest BCUT2D eigenvalue weighted by Crippen LogP contribution is -2.51. The van der Waals surface area contributed by atoms with Crippen molar-refractivity contribution in [2.45, 2.75) is 45.1 Å². The van der Waals surface area contributed by atoms with Crippen LogP contribution in [-0.2, 0) is 0 Å². The first kappa shape index (κ1) is 14.9. The van der Waals surface area contributed by atoms with Crippen LogP contribution in [0.15, 0.2) is 0 Å². The normalized spacial score (nSPS) is 25.4. The summed E-state index contributed by atoms with van der Waals surface area (Å²) in [7, 11) is 4.27. The summed E-state index contributed by atoms with van der Waals surface area (Å²) in [4.78, 5) is 4.88. The predicted molar refractivity (Wildman–Crippen MR) is 73.2 cm³/mol. The van der Waals surface area contributed by atoms with Gasteiger partial charge in [0.1, 0.15) is 0 Å². The average molecular weight is 242 g/mol. The third-order valence-corrected chi connectivity index (χ3v) is 4.07. The zero-order chi connectivity index (χ0) is 12.9. The minimum atomic E-state index is 0.344. The van der Waals surface area contributed by atoms with E-state index in [0.29, 0.717) is 18.1 Å². The number of aliphatic hydroxyl groups excluding tert-OH is 1. The molecule has 0 aromatic rings. The fourth-order valence-corrected chi connectivity index (χ4v) is 2.76. The Morgan fingerprint density at radius 3 is 2.65 bits per heavy atom. The first-order chi connectivity index (χ1) is 7.95. The smallest absolute Gasteiger partial charge is 0.0434 e. The van der Waals surface area contributed by atoms with Crippen LogP contribution in [0.3, 0.4) is 0 Å². The number of likely N-dealkylation sites (tertiary alicyclic amines) is 1. The first-order valence-electron chi connectivity index (χ1n) is 6.96. The van der Waals surface area contributed by atoms with Gasteiger partial charge in [-0.05, 0) is 72.6 Å². The quantitative estimate of drug-likeness (QED) is 0.769. The Bertz CT molecular complexity index is 216. The maximum absolute atomic E-state index is 9.06. The number of hydrogen-bond donors (Lipinski definition) is 1. The molecule has 0 aromatic heterocycles. The van der Waals surface area contributed by atoms with Crippen LogP contribution in [-0.4, -0.2) is 60.8 Å². The van der Waals surface area contributed by atoms with Crippen molar-refractivity contribution >= 4 is 0 Å². The standard InChI is InChI=1S/C14H30N2O/c1-14(2)8-6-13(7-11-17)12-16(14)10-5-9-15(3)4/h13,17H,5-12H2,1-4H3. The molecule has 1 rings (SSSR count). The number of aliphatic hydroxyl groups is 1. The molecule has 3 nitrogen and oxygen atoms in total. The zero-order valence-electron chi connectivity index (χ0n) is 12.1. The molecule has 1 unspecified atom stereocenters. The third-order valence-electron chi connectivity index (χ3n) is 4.07. The van der Waals surface area contributed by atoms with E-state index in [-0.39, 0.29) is 0 Å². The van der Waals surface area contributed by atoms with Gasteiger partial charge >= 0.3 is 0 Å². The summed E-state index contributed by atoms with van der Waals surface area (Å²) in [5, 5.41) is 9.06. The fourth-order valence-electron chi connectivity index (χ4n) is 2.76. The van der Waals surface area contributed by atoms with E-state index in [1.165, 1.54) is 32.4 Å². The predicted octanol–water partition coefficient (Wildman–Crippen LogP) is 1.81. The SMILES string of the molecule is CN(C)CCCN1CC(CCO)CCC1(C)C. The van der Waals surface area contributed by atoms with Gasteiger partial charge in [0.25, 0.3) is 0 Å². The van der Waals surface area contributed by atoms with Crippen molar-refractivity contribution in [2.75, 3.05) is 40.3 Å². The van der Waals surface area contributed by atoms with Crippen LogP contribution in [0, 0.1) is 5.92 Å². The Morgan fingerprint density at radius 1 is 1.35 bits per heavy atom. The minimum Gasteiger partial charge on any atom is -0.396 e. The summed E-state index contributed by atoms with van der Waals surface area (Å²) in [6.45, 7) is 8.58. The van der Waals surface area contributed by atoms with Crippen LogP contribution >= 0.6 is 0 Å². The lowest BCUT2D eigenvalue weighted by Gasteiger charge is -2.46. The highest BCUT2D eigenvalue weighted by molar-refractivity contribution is 4.88. The maximum atomic E-state index is 9.06. The number of rotatable bonds is 6. The van der Waals surface area contributed by atoms with Crippen LogP contribution in [0.1, 0.15) is 39.5 Å². The molecule has 0 aromatic carbocycles. The van der Waals surface area contributed by atoms with E-state index >= 15 is 0 Å². The maximum Gasteiger partial charge on any atom is 0.0434 e. The zero-order valence-corrected chi connectivity index (χ0v) is 12.1. The van der Waals surface area contributed by atoms with Gasteiger partial charge in [0.2, 0.25) is 0 Å². The van der Waals surface area contributed by atoms with E-state index in [9.17, 15) is 0 Å². The largest absolute Gasteiger partial charge is 0.396 e. The molecule has 0 bridgehead atoms. The van der Waals surface area contributed by atoms with Crippen molar-refractivity contribution in [2.24, 2.45) is 5.92 Å². The van der Waals surface area contributed by atoms with E-state index in [1.807, 2.05) is 0 Å². The van der Waals surface area contributed by atoms with Crippen molar-refractivity contribution < 1.29 is 5.11 Å². The second-order valence-corrected chi connectivity index (χ2v) is 6.33. The van der Waals surface area contributed by atoms with Crippen molar-refractivity contribution in [3.05, 3.63) is 0 Å². The first-order valence-corrected chi connectivity index (χ1v) is 6.96. The van der Waals surface area contributed by atoms with Gasteiger partial charge in [-0.1, -0.05) is 0 Å². The molecule has 0 amide bonds. The van der Waals surface area contributed by atoms with Crippen molar-refractivity contribution in [1.29, 1.82) is 0 Å². The van der Waals surface area contributed by atoms with E-state index in [1.54, 1.807) is 0 Å². The molecular formula is C14H30N2O. The number of piperidine rings is 1. The average Bonchev–Trinajstić information content (AvgIpc) is 2.22. The van der Waals surface area contributed by atoms with Crippen LogP contribution in [0.25, 0.3) is 0 Å². The molecule has 0 saturated carbocycles. The van der Waals surface area contributed by atoms with Gasteiger partial charge in [-0.15, -0.1) is 0 Å². The molecular weight excluding hydrogens is 212 g/mol. The minimum absolute atomic E-state index is 0.344. The molecule has 1 saturated heterocycles. The highest BCUT2D eigenvalue weighted by atomic mass is 16.3. The third kappa shape index (κ3) is 4.94. The molecule has 102 valence electrons. The van der Waals surface area contributed by atoms with Crippen molar-refractivity contribution in [3.8, 4) is 0 Å². The van der Waals surface area contributed by atoms with E-state index < -0.39 is 0 Å². The van der Waals surface area contributed by atoms with Gasteiger partial charge in [-0.3, -0.25) is 4.90 Å². The highest BCUT2D eigenvalue weighted by Crippen LogP contribution is 2.31. The van der Waals surface area contributed by atoms with Crippen LogP contribution in [0.2, 0.25) is 0 Å². The van der Waals surface area contributed by atoms with E-state index in [2.05, 4.69) is 37.7 Å². The lowest BCUT2D eigenvalue weighted by atomic mass is 9.83. The summed E-state index contributed by atoms with van der Waals surface area (Å²) >= 11 is 0. The van der Waals surface area contributed by atoms with Gasteiger partial charge in [0.15, 0.2) is 0 Å². The summed E-state index contributed by atoms with van der Waals surface area (Å²) < 4.78 is 0. The lowest BCUT2D eigenvalue weighted by molar-refractivity contribution is 0.0352. The molecule has 1 heterocycles. The van der Waals surface area contributed by atoms with Crippen LogP contribution in [0.5, 0.6) is 0 Å². The van der Waals surface area contributed by atoms with Gasteiger partial charge < -0.3 is 10.0 Å². The molecule has 0 radical (unpaired) electrons. The second-order valence-electron chi connectivity index (χ2n) is 6.33. The summed E-state index contributed by atoms with van der Waals surface area (Å²) in [5.74, 6) is 0.701. The number of hydrogen-bond acceptors (Lipinski definition) is 3. The molecule has 17 heavy (non-hydrogen) atoms. The molecule has 1 aliphatic heterocycles. The summed E-state index contributed by atoms with van der Waals surface area (Å²) in [6, 6.07) is 0. The Morgan fingerprint density at radius 2 is 2.06 bits per heavy atom. The Labute approximate surface area is 107 Å². The van der Waals surface area contributed by atoms with Crippen LogP contribution in [0.4, 0.5) is 0 Å². The summed E-state index contributed by atoms with van der Waals surface area (Å²) in [6.07, 6.45) is 4.75. The highest BCUT2D eigenvalue weighted by Gasteiger charge is 2.33. The van der Waals surface area contributed by atoms with E-state index in [0.717, 1.165) is 13.0 Å².